The van der Waals surface area contributed by atoms with Gasteiger partial charge in [-0.25, -0.2) is 4.98 Å². The summed E-state index contributed by atoms with van der Waals surface area (Å²) in [4.78, 5) is 16.8. The van der Waals surface area contributed by atoms with Crippen molar-refractivity contribution in [1.82, 2.24) is 14.9 Å². The average Bonchev–Trinajstić information content (AvgIpc) is 2.90. The molecule has 1 N–H and O–H groups in total. The number of carbonyl (C=O) groups is 1. The van der Waals surface area contributed by atoms with Gasteiger partial charge in [0.25, 0.3) is 0 Å². The number of amides is 1. The smallest absolute Gasteiger partial charge is 0.230 e. The largest absolute Gasteiger partial charge is 0.497 e. The van der Waals surface area contributed by atoms with Crippen molar-refractivity contribution >= 4 is 17.7 Å². The minimum Gasteiger partial charge on any atom is -0.497 e. The fourth-order valence-corrected chi connectivity index (χ4v) is 3.43. The summed E-state index contributed by atoms with van der Waals surface area (Å²) in [5.41, 5.74) is 3.25. The molecule has 0 spiro atoms. The van der Waals surface area contributed by atoms with Gasteiger partial charge in [0.1, 0.15) is 5.75 Å². The summed E-state index contributed by atoms with van der Waals surface area (Å²) in [6, 6.07) is 7.71. The van der Waals surface area contributed by atoms with Crippen molar-refractivity contribution in [3.05, 3.63) is 41.2 Å². The lowest BCUT2D eigenvalue weighted by molar-refractivity contribution is -0.118. The highest BCUT2D eigenvalue weighted by Crippen LogP contribution is 2.21. The first-order chi connectivity index (χ1) is 12.0. The average molecular weight is 362 g/mol. The predicted molar refractivity (Wildman–Crippen MR) is 102 cm³/mol. The van der Waals surface area contributed by atoms with E-state index in [0.717, 1.165) is 41.5 Å². The van der Waals surface area contributed by atoms with E-state index in [2.05, 4.69) is 28.7 Å². The number of imidazole rings is 1. The van der Waals surface area contributed by atoms with Crippen LogP contribution in [0, 0.1) is 13.8 Å². The maximum Gasteiger partial charge on any atom is 0.230 e. The molecule has 0 aliphatic heterocycles. The summed E-state index contributed by atoms with van der Waals surface area (Å²) in [6.45, 7) is 7.74. The Morgan fingerprint density at radius 1 is 1.36 bits per heavy atom. The topological polar surface area (TPSA) is 56.2 Å². The second kappa shape index (κ2) is 9.51. The molecule has 1 amide bonds. The molecule has 0 bridgehead atoms. The van der Waals surface area contributed by atoms with E-state index in [4.69, 9.17) is 4.74 Å². The number of unbranched alkanes of at least 4 members (excludes halogenated alkanes) is 1. The van der Waals surface area contributed by atoms with Crippen molar-refractivity contribution in [2.24, 2.45) is 0 Å². The molecular formula is C19H27N3O2S. The third-order valence-electron chi connectivity index (χ3n) is 4.11. The summed E-state index contributed by atoms with van der Waals surface area (Å²) in [5, 5.41) is 3.88. The Balaban J connectivity index is 1.88. The summed E-state index contributed by atoms with van der Waals surface area (Å²) >= 11 is 1.50. The van der Waals surface area contributed by atoms with Crippen LogP contribution < -0.4 is 10.1 Å². The van der Waals surface area contributed by atoms with Gasteiger partial charge in [0.05, 0.1) is 18.6 Å². The molecule has 0 aliphatic rings. The van der Waals surface area contributed by atoms with Crippen LogP contribution in [0.5, 0.6) is 5.75 Å². The van der Waals surface area contributed by atoms with E-state index in [1.807, 2.05) is 31.2 Å². The van der Waals surface area contributed by atoms with Gasteiger partial charge in [0.2, 0.25) is 5.91 Å². The van der Waals surface area contributed by atoms with Crippen LogP contribution in [0.1, 0.15) is 36.7 Å². The molecule has 6 heteroatoms. The Hall–Kier alpha value is -1.95. The van der Waals surface area contributed by atoms with Crippen LogP contribution in [0.2, 0.25) is 0 Å². The van der Waals surface area contributed by atoms with Crippen molar-refractivity contribution < 1.29 is 9.53 Å². The Morgan fingerprint density at radius 3 is 2.88 bits per heavy atom. The number of ether oxygens (including phenoxy) is 1. The van der Waals surface area contributed by atoms with E-state index >= 15 is 0 Å². The number of aromatic nitrogens is 2. The van der Waals surface area contributed by atoms with Gasteiger partial charge in [-0.05, 0) is 38.0 Å². The van der Waals surface area contributed by atoms with Gasteiger partial charge in [-0.3, -0.25) is 4.79 Å². The van der Waals surface area contributed by atoms with Crippen molar-refractivity contribution in [3.8, 4) is 5.75 Å². The van der Waals surface area contributed by atoms with Gasteiger partial charge >= 0.3 is 0 Å². The molecular weight excluding hydrogens is 334 g/mol. The molecule has 0 atom stereocenters. The first kappa shape index (κ1) is 19.4. The molecule has 1 aromatic carbocycles. The van der Waals surface area contributed by atoms with Gasteiger partial charge in [-0.1, -0.05) is 37.2 Å². The summed E-state index contributed by atoms with van der Waals surface area (Å²) < 4.78 is 7.42. The molecule has 25 heavy (non-hydrogen) atoms. The monoisotopic (exact) mass is 361 g/mol. The van der Waals surface area contributed by atoms with Crippen LogP contribution in [0.4, 0.5) is 0 Å². The third-order valence-corrected chi connectivity index (χ3v) is 5.09. The lowest BCUT2D eigenvalue weighted by Gasteiger charge is -2.09. The van der Waals surface area contributed by atoms with Gasteiger partial charge in [0.15, 0.2) is 5.16 Å². The minimum absolute atomic E-state index is 0.00756. The Labute approximate surface area is 154 Å². The van der Waals surface area contributed by atoms with E-state index in [1.165, 1.54) is 17.5 Å². The number of benzene rings is 1. The number of methoxy groups -OCH3 is 1. The quantitative estimate of drug-likeness (QED) is 0.692. The normalized spacial score (nSPS) is 10.7. The Kier molecular flexibility index (Phi) is 7.37. The SMILES string of the molecule is CCCCn1c(SCC(=O)NCc2cccc(OC)c2)nc(C)c1C. The summed E-state index contributed by atoms with van der Waals surface area (Å²) in [5.74, 6) is 1.17. The number of nitrogens with one attached hydrogen (secondary N) is 1. The van der Waals surface area contributed by atoms with E-state index in [0.29, 0.717) is 12.3 Å². The van der Waals surface area contributed by atoms with Crippen LogP contribution in [-0.4, -0.2) is 28.3 Å². The Morgan fingerprint density at radius 2 is 2.16 bits per heavy atom. The zero-order valence-corrected chi connectivity index (χ0v) is 16.3. The van der Waals surface area contributed by atoms with Crippen LogP contribution in [0.3, 0.4) is 0 Å². The molecule has 0 radical (unpaired) electrons. The molecule has 5 nitrogen and oxygen atoms in total. The van der Waals surface area contributed by atoms with E-state index in [-0.39, 0.29) is 5.91 Å². The second-order valence-corrected chi connectivity index (χ2v) is 6.93. The number of aryl methyl sites for hydroxylation is 1. The molecule has 0 aliphatic carbocycles. The molecule has 1 heterocycles. The second-order valence-electron chi connectivity index (χ2n) is 5.99. The third kappa shape index (κ3) is 5.53. The van der Waals surface area contributed by atoms with Crippen LogP contribution in [-0.2, 0) is 17.9 Å². The molecule has 1 aromatic heterocycles. The molecule has 136 valence electrons. The molecule has 0 unspecified atom stereocenters. The first-order valence-corrected chi connectivity index (χ1v) is 9.59. The van der Waals surface area contributed by atoms with Crippen molar-refractivity contribution in [2.75, 3.05) is 12.9 Å². The maximum atomic E-state index is 12.2. The number of carbonyl (C=O) groups excluding carboxylic acids is 1. The number of hydrogen-bond acceptors (Lipinski definition) is 4. The number of hydrogen-bond donors (Lipinski definition) is 1. The van der Waals surface area contributed by atoms with Crippen molar-refractivity contribution in [2.45, 2.75) is 51.9 Å². The highest BCUT2D eigenvalue weighted by Gasteiger charge is 2.13. The van der Waals surface area contributed by atoms with Gasteiger partial charge in [-0.2, -0.15) is 0 Å². The molecule has 0 fully saturated rings. The summed E-state index contributed by atoms with van der Waals surface area (Å²) in [7, 11) is 1.64. The standard InChI is InChI=1S/C19H27N3O2S/c1-5-6-10-22-15(3)14(2)21-19(22)25-13-18(23)20-12-16-8-7-9-17(11-16)24-4/h7-9,11H,5-6,10,12-13H2,1-4H3,(H,20,23). The van der Waals surface area contributed by atoms with E-state index < -0.39 is 0 Å². The molecule has 0 saturated carbocycles. The van der Waals surface area contributed by atoms with Crippen molar-refractivity contribution in [1.29, 1.82) is 0 Å². The van der Waals surface area contributed by atoms with E-state index in [9.17, 15) is 4.79 Å². The fraction of sp³-hybridized carbons (Fsp3) is 0.474. The Bertz CT molecular complexity index is 713. The highest BCUT2D eigenvalue weighted by molar-refractivity contribution is 7.99. The van der Waals surface area contributed by atoms with E-state index in [1.54, 1.807) is 7.11 Å². The highest BCUT2D eigenvalue weighted by atomic mass is 32.2. The summed E-state index contributed by atoms with van der Waals surface area (Å²) in [6.07, 6.45) is 2.26. The minimum atomic E-state index is 0.00756. The maximum absolute atomic E-state index is 12.2. The number of thioether (sulfide) groups is 1. The van der Waals surface area contributed by atoms with Crippen LogP contribution in [0.15, 0.2) is 29.4 Å². The zero-order valence-electron chi connectivity index (χ0n) is 15.5. The van der Waals surface area contributed by atoms with Crippen LogP contribution in [0.25, 0.3) is 0 Å². The van der Waals surface area contributed by atoms with Crippen LogP contribution >= 0.6 is 11.8 Å². The lowest BCUT2D eigenvalue weighted by atomic mass is 10.2. The molecule has 2 aromatic rings. The van der Waals surface area contributed by atoms with Crippen molar-refractivity contribution in [3.63, 3.8) is 0 Å². The molecule has 0 saturated heterocycles. The van der Waals surface area contributed by atoms with Gasteiger partial charge < -0.3 is 14.6 Å². The molecule has 2 rings (SSSR count). The zero-order chi connectivity index (χ0) is 18.2. The predicted octanol–water partition coefficient (Wildman–Crippen LogP) is 3.72. The first-order valence-electron chi connectivity index (χ1n) is 8.61. The van der Waals surface area contributed by atoms with Gasteiger partial charge in [0, 0.05) is 18.8 Å². The fourth-order valence-electron chi connectivity index (χ4n) is 2.48. The number of rotatable bonds is 9. The lowest BCUT2D eigenvalue weighted by Crippen LogP contribution is -2.24. The number of nitrogens with zero attached hydrogens (tertiary/aromatic N) is 2. The van der Waals surface area contributed by atoms with Gasteiger partial charge in [-0.15, -0.1) is 0 Å².